The van der Waals surface area contributed by atoms with Gasteiger partial charge in [0.15, 0.2) is 6.39 Å². The zero-order valence-corrected chi connectivity index (χ0v) is 14.4. The molecule has 0 saturated carbocycles. The summed E-state index contributed by atoms with van der Waals surface area (Å²) < 4.78 is 5.44. The van der Waals surface area contributed by atoms with Crippen LogP contribution in [0.25, 0.3) is 42.8 Å². The van der Waals surface area contributed by atoms with Crippen LogP contribution in [0.2, 0.25) is 0 Å². The minimum Gasteiger partial charge on any atom is -0.410 e. The van der Waals surface area contributed by atoms with Crippen molar-refractivity contribution in [1.29, 1.82) is 0 Å². The van der Waals surface area contributed by atoms with Crippen LogP contribution in [0.15, 0.2) is 82.3 Å². The van der Waals surface area contributed by atoms with Crippen molar-refractivity contribution in [2.24, 2.45) is 0 Å². The first-order valence-electron chi connectivity index (χ1n) is 8.13. The van der Waals surface area contributed by atoms with E-state index in [-0.39, 0.29) is 5.63 Å². The van der Waals surface area contributed by atoms with Crippen LogP contribution in [-0.2, 0) is 0 Å². The van der Waals surface area contributed by atoms with Crippen LogP contribution in [0.3, 0.4) is 0 Å². The van der Waals surface area contributed by atoms with E-state index >= 15 is 0 Å². The lowest BCUT2D eigenvalue weighted by atomic mass is 10.00. The van der Waals surface area contributed by atoms with Gasteiger partial charge in [-0.25, -0.2) is 14.8 Å². The van der Waals surface area contributed by atoms with E-state index in [9.17, 15) is 4.79 Å². The maximum Gasteiger partial charge on any atom is 0.356 e. The molecule has 2 aromatic carbocycles. The third-order valence-corrected chi connectivity index (χ3v) is 5.37. The van der Waals surface area contributed by atoms with E-state index in [1.807, 2.05) is 48.5 Å². The molecule has 3 aromatic heterocycles. The van der Waals surface area contributed by atoms with E-state index in [0.29, 0.717) is 10.2 Å². The average Bonchev–Trinajstić information content (AvgIpc) is 3.09. The molecule has 0 bridgehead atoms. The Kier molecular flexibility index (Phi) is 3.40. The zero-order valence-electron chi connectivity index (χ0n) is 13.5. The summed E-state index contributed by atoms with van der Waals surface area (Å²) in [6, 6.07) is 22.2. The minimum absolute atomic E-state index is 0.377. The van der Waals surface area contributed by atoms with Gasteiger partial charge in [-0.3, -0.25) is 0 Å². The molecule has 4 nitrogen and oxygen atoms in total. The lowest BCUT2D eigenvalue weighted by Crippen LogP contribution is -1.96. The molecule has 3 heterocycles. The van der Waals surface area contributed by atoms with E-state index in [1.54, 1.807) is 0 Å². The monoisotopic (exact) mass is 356 g/mol. The third-order valence-electron chi connectivity index (χ3n) is 4.32. The van der Waals surface area contributed by atoms with Crippen LogP contribution < -0.4 is 5.63 Å². The molecule has 0 unspecified atom stereocenters. The number of hydrogen-bond donors (Lipinski definition) is 0. The van der Waals surface area contributed by atoms with Gasteiger partial charge in [-0.1, -0.05) is 60.7 Å². The van der Waals surface area contributed by atoms with Crippen molar-refractivity contribution in [2.75, 3.05) is 0 Å². The Labute approximate surface area is 152 Å². The number of pyridine rings is 1. The number of benzene rings is 2. The van der Waals surface area contributed by atoms with Gasteiger partial charge in [0.25, 0.3) is 0 Å². The summed E-state index contributed by atoms with van der Waals surface area (Å²) in [5.74, 6) is 0. The SMILES string of the molecule is O=c1ocnc2c1sc1nc(-c3ccccc3)cc(-c3ccccc3)c12. The number of thiophene rings is 1. The molecule has 26 heavy (non-hydrogen) atoms. The van der Waals surface area contributed by atoms with Gasteiger partial charge in [0.05, 0.1) is 5.69 Å². The molecule has 5 aromatic rings. The highest BCUT2D eigenvalue weighted by atomic mass is 32.1. The van der Waals surface area contributed by atoms with Crippen molar-refractivity contribution < 1.29 is 4.42 Å². The molecule has 0 N–H and O–H groups in total. The maximum atomic E-state index is 12.1. The van der Waals surface area contributed by atoms with Crippen LogP contribution in [0.1, 0.15) is 0 Å². The molecule has 124 valence electrons. The molecule has 0 aliphatic rings. The number of fused-ring (bicyclic) bond motifs is 3. The molecule has 5 rings (SSSR count). The van der Waals surface area contributed by atoms with Crippen LogP contribution in [0.5, 0.6) is 0 Å². The van der Waals surface area contributed by atoms with E-state index < -0.39 is 0 Å². The fourth-order valence-corrected chi connectivity index (χ4v) is 4.16. The summed E-state index contributed by atoms with van der Waals surface area (Å²) in [5, 5.41) is 0.892. The van der Waals surface area contributed by atoms with E-state index in [2.05, 4.69) is 23.2 Å². The van der Waals surface area contributed by atoms with Gasteiger partial charge in [0, 0.05) is 10.9 Å². The van der Waals surface area contributed by atoms with Gasteiger partial charge in [-0.05, 0) is 17.2 Å². The van der Waals surface area contributed by atoms with E-state index in [4.69, 9.17) is 9.40 Å². The van der Waals surface area contributed by atoms with Crippen molar-refractivity contribution in [3.05, 3.63) is 83.5 Å². The molecule has 0 amide bonds. The summed E-state index contributed by atoms with van der Waals surface area (Å²) in [6.07, 6.45) is 1.21. The molecule has 0 radical (unpaired) electrons. The molecule has 0 fully saturated rings. The normalized spacial score (nSPS) is 11.2. The fraction of sp³-hybridized carbons (Fsp3) is 0. The van der Waals surface area contributed by atoms with Crippen molar-refractivity contribution in [3.63, 3.8) is 0 Å². The zero-order chi connectivity index (χ0) is 17.5. The number of rotatable bonds is 2. The highest BCUT2D eigenvalue weighted by Gasteiger charge is 2.17. The highest BCUT2D eigenvalue weighted by molar-refractivity contribution is 7.25. The molecular formula is C21H12N2O2S. The van der Waals surface area contributed by atoms with Gasteiger partial charge < -0.3 is 4.42 Å². The van der Waals surface area contributed by atoms with E-state index in [0.717, 1.165) is 32.6 Å². The molecular weight excluding hydrogens is 344 g/mol. The van der Waals surface area contributed by atoms with Crippen LogP contribution in [0.4, 0.5) is 0 Å². The van der Waals surface area contributed by atoms with Crippen LogP contribution in [0, 0.1) is 0 Å². The molecule has 0 saturated heterocycles. The Balaban J connectivity index is 1.93. The maximum absolute atomic E-state index is 12.1. The Morgan fingerprint density at radius 2 is 1.58 bits per heavy atom. The van der Waals surface area contributed by atoms with Gasteiger partial charge >= 0.3 is 5.63 Å². The Morgan fingerprint density at radius 3 is 2.31 bits per heavy atom. The number of aromatic nitrogens is 2. The Bertz CT molecular complexity index is 1290. The van der Waals surface area contributed by atoms with Gasteiger partial charge in [-0.2, -0.15) is 0 Å². The summed E-state index contributed by atoms with van der Waals surface area (Å²) in [5.41, 5.74) is 4.24. The van der Waals surface area contributed by atoms with E-state index in [1.165, 1.54) is 17.7 Å². The first-order valence-corrected chi connectivity index (χ1v) is 8.95. The topological polar surface area (TPSA) is 56.0 Å². The second-order valence-corrected chi connectivity index (χ2v) is 6.89. The second-order valence-electron chi connectivity index (χ2n) is 5.89. The predicted octanol–water partition coefficient (Wildman–Crippen LogP) is 5.13. The number of hydrogen-bond acceptors (Lipinski definition) is 5. The van der Waals surface area contributed by atoms with Crippen LogP contribution >= 0.6 is 11.3 Å². The minimum atomic E-state index is -0.377. The number of nitrogens with zero attached hydrogens (tertiary/aromatic N) is 2. The molecule has 0 aliphatic carbocycles. The average molecular weight is 356 g/mol. The van der Waals surface area contributed by atoms with Gasteiger partial charge in [0.1, 0.15) is 15.0 Å². The largest absolute Gasteiger partial charge is 0.410 e. The van der Waals surface area contributed by atoms with Crippen molar-refractivity contribution >= 4 is 31.8 Å². The highest BCUT2D eigenvalue weighted by Crippen LogP contribution is 2.39. The Morgan fingerprint density at radius 1 is 0.885 bits per heavy atom. The first kappa shape index (κ1) is 15.0. The summed E-state index contributed by atoms with van der Waals surface area (Å²) in [7, 11) is 0. The smallest absolute Gasteiger partial charge is 0.356 e. The van der Waals surface area contributed by atoms with Crippen molar-refractivity contribution in [3.8, 4) is 22.4 Å². The Hall–Kier alpha value is -3.31. The summed E-state index contributed by atoms with van der Waals surface area (Å²) in [4.78, 5) is 22.0. The summed E-state index contributed by atoms with van der Waals surface area (Å²) >= 11 is 1.33. The predicted molar refractivity (Wildman–Crippen MR) is 104 cm³/mol. The quantitative estimate of drug-likeness (QED) is 0.440. The summed E-state index contributed by atoms with van der Waals surface area (Å²) in [6.45, 7) is 0. The third kappa shape index (κ3) is 2.33. The fourth-order valence-electron chi connectivity index (χ4n) is 3.13. The van der Waals surface area contributed by atoms with Gasteiger partial charge in [0.2, 0.25) is 0 Å². The van der Waals surface area contributed by atoms with Gasteiger partial charge in [-0.15, -0.1) is 11.3 Å². The van der Waals surface area contributed by atoms with Crippen molar-refractivity contribution in [1.82, 2.24) is 9.97 Å². The van der Waals surface area contributed by atoms with Crippen molar-refractivity contribution in [2.45, 2.75) is 0 Å². The van der Waals surface area contributed by atoms with Crippen LogP contribution in [-0.4, -0.2) is 9.97 Å². The molecule has 0 spiro atoms. The first-order chi connectivity index (χ1) is 12.8. The lowest BCUT2D eigenvalue weighted by molar-refractivity contribution is 0.502. The standard InChI is InChI=1S/C21H12N2O2S/c24-21-19-18(22-12-25-21)17-15(13-7-3-1-4-8-13)11-16(23-20(17)26-19)14-9-5-2-6-10-14/h1-12H. The second kappa shape index (κ2) is 5.89. The lowest BCUT2D eigenvalue weighted by Gasteiger charge is -2.08. The molecule has 0 aliphatic heterocycles. The molecule has 0 atom stereocenters. The molecule has 5 heteroatoms.